The number of aromatic hydroxyl groups is 1. The van der Waals surface area contributed by atoms with Crippen LogP contribution in [0.25, 0.3) is 0 Å². The molecule has 0 aliphatic carbocycles. The molecule has 0 saturated heterocycles. The zero-order chi connectivity index (χ0) is 12.1. The van der Waals surface area contributed by atoms with Crippen molar-refractivity contribution in [2.45, 2.75) is 33.1 Å². The lowest BCUT2D eigenvalue weighted by Crippen LogP contribution is -2.28. The Morgan fingerprint density at radius 2 is 1.81 bits per heavy atom. The van der Waals surface area contributed by atoms with Gasteiger partial charge in [0.2, 0.25) is 0 Å². The predicted octanol–water partition coefficient (Wildman–Crippen LogP) is 1.96. The topological polar surface area (TPSA) is 49.7 Å². The van der Waals surface area contributed by atoms with Gasteiger partial charge in [-0.2, -0.15) is 0 Å². The van der Waals surface area contributed by atoms with Crippen LogP contribution in [-0.4, -0.2) is 23.4 Å². The Morgan fingerprint density at radius 3 is 2.38 bits per heavy atom. The van der Waals surface area contributed by atoms with E-state index < -0.39 is 5.41 Å². The van der Waals surface area contributed by atoms with Gasteiger partial charge in [0.1, 0.15) is 11.5 Å². The zero-order valence-electron chi connectivity index (χ0n) is 10.2. The van der Waals surface area contributed by atoms with Crippen LogP contribution in [0.2, 0.25) is 0 Å². The standard InChI is InChI=1S/C13H18O3/c1-7-8(2)12-10(9(3)11(7)15)13(4,5-14)6-16-12/h14-15H,5-6H2,1-4H3. The molecule has 1 aromatic carbocycles. The Balaban J connectivity index is 2.77. The van der Waals surface area contributed by atoms with Crippen LogP contribution in [0.1, 0.15) is 29.2 Å². The van der Waals surface area contributed by atoms with Crippen LogP contribution < -0.4 is 4.74 Å². The third kappa shape index (κ3) is 1.24. The Morgan fingerprint density at radius 1 is 1.19 bits per heavy atom. The van der Waals surface area contributed by atoms with Gasteiger partial charge >= 0.3 is 0 Å². The van der Waals surface area contributed by atoms with Gasteiger partial charge in [-0.15, -0.1) is 0 Å². The number of fused-ring (bicyclic) bond motifs is 1. The molecular weight excluding hydrogens is 204 g/mol. The Bertz CT molecular complexity index is 451. The van der Waals surface area contributed by atoms with Crippen molar-refractivity contribution in [1.29, 1.82) is 0 Å². The highest BCUT2D eigenvalue weighted by Crippen LogP contribution is 2.47. The number of phenolic OH excluding ortho intramolecular Hbond substituents is 1. The van der Waals surface area contributed by atoms with Crippen molar-refractivity contribution in [2.24, 2.45) is 0 Å². The number of ether oxygens (including phenoxy) is 1. The number of aliphatic hydroxyl groups is 1. The van der Waals surface area contributed by atoms with E-state index in [2.05, 4.69) is 0 Å². The van der Waals surface area contributed by atoms with Crippen molar-refractivity contribution >= 4 is 0 Å². The van der Waals surface area contributed by atoms with Crippen LogP contribution in [-0.2, 0) is 5.41 Å². The molecule has 0 bridgehead atoms. The quantitative estimate of drug-likeness (QED) is 0.763. The first-order chi connectivity index (χ1) is 7.42. The summed E-state index contributed by atoms with van der Waals surface area (Å²) in [6, 6.07) is 0. The molecule has 1 aliphatic rings. The van der Waals surface area contributed by atoms with Crippen molar-refractivity contribution in [3.8, 4) is 11.5 Å². The highest BCUT2D eigenvalue weighted by molar-refractivity contribution is 5.61. The van der Waals surface area contributed by atoms with Gasteiger partial charge in [0, 0.05) is 5.56 Å². The Kier molecular flexibility index (Phi) is 2.39. The number of phenols is 1. The van der Waals surface area contributed by atoms with Gasteiger partial charge in [0.05, 0.1) is 18.6 Å². The first-order valence-corrected chi connectivity index (χ1v) is 5.49. The fourth-order valence-electron chi connectivity index (χ4n) is 2.44. The van der Waals surface area contributed by atoms with E-state index >= 15 is 0 Å². The molecule has 16 heavy (non-hydrogen) atoms. The van der Waals surface area contributed by atoms with Gasteiger partial charge in [0.15, 0.2) is 0 Å². The summed E-state index contributed by atoms with van der Waals surface area (Å²) < 4.78 is 5.68. The number of aliphatic hydroxyl groups excluding tert-OH is 1. The van der Waals surface area contributed by atoms with Crippen LogP contribution in [0.4, 0.5) is 0 Å². The Hall–Kier alpha value is -1.22. The van der Waals surface area contributed by atoms with E-state index in [1.165, 1.54) is 0 Å². The second-order valence-corrected chi connectivity index (χ2v) is 4.94. The number of hydrogen-bond acceptors (Lipinski definition) is 3. The van der Waals surface area contributed by atoms with Crippen molar-refractivity contribution in [3.63, 3.8) is 0 Å². The van der Waals surface area contributed by atoms with Gasteiger partial charge in [0.25, 0.3) is 0 Å². The third-order valence-corrected chi connectivity index (χ3v) is 3.70. The molecule has 0 aromatic heterocycles. The molecule has 2 N–H and O–H groups in total. The maximum atomic E-state index is 10.0. The first-order valence-electron chi connectivity index (χ1n) is 5.49. The Labute approximate surface area is 95.7 Å². The highest BCUT2D eigenvalue weighted by atomic mass is 16.5. The zero-order valence-corrected chi connectivity index (χ0v) is 10.2. The molecule has 1 unspecified atom stereocenters. The minimum absolute atomic E-state index is 0.0305. The molecule has 0 radical (unpaired) electrons. The first kappa shape index (κ1) is 11.3. The number of rotatable bonds is 1. The molecular formula is C13H18O3. The highest BCUT2D eigenvalue weighted by Gasteiger charge is 2.39. The fraction of sp³-hybridized carbons (Fsp3) is 0.538. The molecule has 3 nitrogen and oxygen atoms in total. The van der Waals surface area contributed by atoms with E-state index in [-0.39, 0.29) is 6.61 Å². The largest absolute Gasteiger partial charge is 0.507 e. The smallest absolute Gasteiger partial charge is 0.127 e. The number of benzene rings is 1. The average Bonchev–Trinajstić information content (AvgIpc) is 2.62. The van der Waals surface area contributed by atoms with E-state index in [1.54, 1.807) is 0 Å². The third-order valence-electron chi connectivity index (χ3n) is 3.70. The molecule has 0 amide bonds. The lowest BCUT2D eigenvalue weighted by Gasteiger charge is -2.22. The van der Waals surface area contributed by atoms with Gasteiger partial charge in [-0.05, 0) is 44.4 Å². The molecule has 1 atom stereocenters. The van der Waals surface area contributed by atoms with E-state index in [0.717, 1.165) is 28.0 Å². The van der Waals surface area contributed by atoms with Gasteiger partial charge < -0.3 is 14.9 Å². The molecule has 1 heterocycles. The molecule has 0 spiro atoms. The van der Waals surface area contributed by atoms with Crippen molar-refractivity contribution in [1.82, 2.24) is 0 Å². The number of hydrogen-bond donors (Lipinski definition) is 2. The maximum absolute atomic E-state index is 10.0. The van der Waals surface area contributed by atoms with Crippen LogP contribution in [0.15, 0.2) is 0 Å². The van der Waals surface area contributed by atoms with Crippen LogP contribution in [0.5, 0.6) is 11.5 Å². The molecule has 2 rings (SSSR count). The maximum Gasteiger partial charge on any atom is 0.127 e. The molecule has 88 valence electrons. The van der Waals surface area contributed by atoms with E-state index in [0.29, 0.717) is 12.4 Å². The normalized spacial score (nSPS) is 23.1. The summed E-state index contributed by atoms with van der Waals surface area (Å²) >= 11 is 0. The van der Waals surface area contributed by atoms with E-state index in [4.69, 9.17) is 4.74 Å². The van der Waals surface area contributed by atoms with E-state index in [9.17, 15) is 10.2 Å². The monoisotopic (exact) mass is 222 g/mol. The second kappa shape index (κ2) is 3.39. The van der Waals surface area contributed by atoms with Crippen LogP contribution in [0, 0.1) is 20.8 Å². The summed E-state index contributed by atoms with van der Waals surface area (Å²) in [7, 11) is 0. The molecule has 0 saturated carbocycles. The van der Waals surface area contributed by atoms with Gasteiger partial charge in [-0.3, -0.25) is 0 Å². The summed E-state index contributed by atoms with van der Waals surface area (Å²) in [5, 5.41) is 19.5. The van der Waals surface area contributed by atoms with Gasteiger partial charge in [-0.25, -0.2) is 0 Å². The lowest BCUT2D eigenvalue weighted by atomic mass is 9.81. The van der Waals surface area contributed by atoms with Crippen LogP contribution in [0.3, 0.4) is 0 Å². The second-order valence-electron chi connectivity index (χ2n) is 4.94. The summed E-state index contributed by atoms with van der Waals surface area (Å²) in [6.45, 7) is 8.17. The summed E-state index contributed by atoms with van der Waals surface area (Å²) in [6.07, 6.45) is 0. The minimum atomic E-state index is -0.393. The molecule has 0 fully saturated rings. The van der Waals surface area contributed by atoms with Crippen molar-refractivity contribution in [3.05, 3.63) is 22.3 Å². The summed E-state index contributed by atoms with van der Waals surface area (Å²) in [5.41, 5.74) is 3.21. The van der Waals surface area contributed by atoms with Crippen molar-refractivity contribution < 1.29 is 14.9 Å². The lowest BCUT2D eigenvalue weighted by molar-refractivity contribution is 0.171. The summed E-state index contributed by atoms with van der Waals surface area (Å²) in [4.78, 5) is 0. The fourth-order valence-corrected chi connectivity index (χ4v) is 2.44. The minimum Gasteiger partial charge on any atom is -0.507 e. The van der Waals surface area contributed by atoms with Crippen molar-refractivity contribution in [2.75, 3.05) is 13.2 Å². The SMILES string of the molecule is Cc1c(C)c2c(c(C)c1O)C(C)(CO)CO2. The molecule has 3 heteroatoms. The average molecular weight is 222 g/mol. The van der Waals surface area contributed by atoms with Crippen LogP contribution >= 0.6 is 0 Å². The molecule has 1 aliphatic heterocycles. The van der Waals surface area contributed by atoms with Gasteiger partial charge in [-0.1, -0.05) is 0 Å². The summed E-state index contributed by atoms with van der Waals surface area (Å²) in [5.74, 6) is 1.16. The predicted molar refractivity (Wildman–Crippen MR) is 62.3 cm³/mol. The van der Waals surface area contributed by atoms with E-state index in [1.807, 2.05) is 27.7 Å². The molecule has 1 aromatic rings.